The normalized spacial score (nSPS) is 25.6. The summed E-state index contributed by atoms with van der Waals surface area (Å²) in [5.41, 5.74) is 5.92. The summed E-state index contributed by atoms with van der Waals surface area (Å²) in [5.74, 6) is -0.484. The Kier molecular flexibility index (Phi) is 3.17. The van der Waals surface area contributed by atoms with Crippen molar-refractivity contribution in [1.29, 1.82) is 0 Å². The second-order valence-electron chi connectivity index (χ2n) is 3.77. The van der Waals surface area contributed by atoms with Crippen molar-refractivity contribution in [3.05, 3.63) is 35.9 Å². The summed E-state index contributed by atoms with van der Waals surface area (Å²) in [5, 5.41) is 1.27. The molecule has 0 spiro atoms. The molecule has 1 aromatic carbocycles. The average Bonchev–Trinajstić information content (AvgIpc) is 2.59. The molecule has 0 aliphatic carbocycles. The molecule has 4 nitrogen and oxygen atoms in total. The maximum atomic E-state index is 13.1. The summed E-state index contributed by atoms with van der Waals surface area (Å²) >= 11 is 0. The van der Waals surface area contributed by atoms with Crippen molar-refractivity contribution in [2.24, 2.45) is 5.73 Å². The molecule has 0 aromatic heterocycles. The standard InChI is InChI=1S/C11H13FN2O2/c12-9-6-14(7-10(9)13)16-11(15)8-4-2-1-3-5-8/h1-5,9-10H,6-7,13H2/t9-,10+/m0/s1. The molecule has 0 unspecified atom stereocenters. The van der Waals surface area contributed by atoms with Gasteiger partial charge in [0.05, 0.1) is 24.7 Å². The van der Waals surface area contributed by atoms with E-state index in [4.69, 9.17) is 10.6 Å². The van der Waals surface area contributed by atoms with Crippen LogP contribution < -0.4 is 5.73 Å². The van der Waals surface area contributed by atoms with Crippen molar-refractivity contribution in [2.45, 2.75) is 12.2 Å². The van der Waals surface area contributed by atoms with Gasteiger partial charge in [0.25, 0.3) is 0 Å². The second-order valence-corrected chi connectivity index (χ2v) is 3.77. The molecule has 1 fully saturated rings. The molecular formula is C11H13FN2O2. The molecule has 0 saturated carbocycles. The minimum atomic E-state index is -1.14. The zero-order valence-corrected chi connectivity index (χ0v) is 8.67. The molecule has 2 N–H and O–H groups in total. The Hall–Kier alpha value is -1.46. The van der Waals surface area contributed by atoms with Crippen molar-refractivity contribution < 1.29 is 14.0 Å². The lowest BCUT2D eigenvalue weighted by atomic mass is 10.2. The summed E-state index contributed by atoms with van der Waals surface area (Å²) in [6, 6.07) is 7.99. The summed E-state index contributed by atoms with van der Waals surface area (Å²) < 4.78 is 13.1. The highest BCUT2D eigenvalue weighted by Crippen LogP contribution is 2.13. The Morgan fingerprint density at radius 1 is 1.38 bits per heavy atom. The number of rotatable bonds is 2. The fourth-order valence-corrected chi connectivity index (χ4v) is 1.57. The van der Waals surface area contributed by atoms with Crippen LogP contribution in [0.1, 0.15) is 10.4 Å². The molecule has 1 aliphatic heterocycles. The Balaban J connectivity index is 1.94. The maximum Gasteiger partial charge on any atom is 0.357 e. The van der Waals surface area contributed by atoms with Crippen molar-refractivity contribution in [1.82, 2.24) is 5.06 Å². The van der Waals surface area contributed by atoms with Crippen LogP contribution in [0.25, 0.3) is 0 Å². The molecule has 0 radical (unpaired) electrons. The summed E-state index contributed by atoms with van der Waals surface area (Å²) in [6.07, 6.45) is -1.14. The molecule has 16 heavy (non-hydrogen) atoms. The number of carbonyl (C=O) groups is 1. The summed E-state index contributed by atoms with van der Waals surface area (Å²) in [4.78, 5) is 16.6. The third-order valence-electron chi connectivity index (χ3n) is 2.48. The maximum absolute atomic E-state index is 13.1. The molecule has 86 valence electrons. The largest absolute Gasteiger partial charge is 0.364 e. The minimum absolute atomic E-state index is 0.0414. The van der Waals surface area contributed by atoms with E-state index in [1.807, 2.05) is 0 Å². The van der Waals surface area contributed by atoms with E-state index in [1.165, 1.54) is 5.06 Å². The average molecular weight is 224 g/mol. The first-order valence-electron chi connectivity index (χ1n) is 5.09. The molecule has 0 amide bonds. The Morgan fingerprint density at radius 2 is 2.06 bits per heavy atom. The van der Waals surface area contributed by atoms with Gasteiger partial charge in [-0.1, -0.05) is 18.2 Å². The van der Waals surface area contributed by atoms with Crippen LogP contribution in [0, 0.1) is 0 Å². The van der Waals surface area contributed by atoms with Crippen LogP contribution in [-0.2, 0) is 4.84 Å². The van der Waals surface area contributed by atoms with Gasteiger partial charge in [0.2, 0.25) is 0 Å². The van der Waals surface area contributed by atoms with E-state index < -0.39 is 18.2 Å². The second kappa shape index (κ2) is 4.59. The van der Waals surface area contributed by atoms with Crippen molar-refractivity contribution in [2.75, 3.05) is 13.1 Å². The SMILES string of the molecule is N[C@@H]1CN(OC(=O)c2ccccc2)C[C@@H]1F. The van der Waals surface area contributed by atoms with Gasteiger partial charge in [-0.3, -0.25) is 0 Å². The molecule has 1 aromatic rings. The molecule has 1 aliphatic rings. The van der Waals surface area contributed by atoms with Crippen molar-refractivity contribution >= 4 is 5.97 Å². The van der Waals surface area contributed by atoms with Crippen LogP contribution in [0.2, 0.25) is 0 Å². The molecule has 2 atom stereocenters. The van der Waals surface area contributed by atoms with Gasteiger partial charge in [0.1, 0.15) is 6.17 Å². The number of halogens is 1. The van der Waals surface area contributed by atoms with Crippen LogP contribution in [0.3, 0.4) is 0 Å². The summed E-state index contributed by atoms with van der Waals surface area (Å²) in [6.45, 7) is 0.277. The molecular weight excluding hydrogens is 211 g/mol. The highest BCUT2D eigenvalue weighted by Gasteiger charge is 2.32. The van der Waals surface area contributed by atoms with E-state index in [-0.39, 0.29) is 13.1 Å². The quantitative estimate of drug-likeness (QED) is 0.805. The van der Waals surface area contributed by atoms with Gasteiger partial charge in [0, 0.05) is 0 Å². The van der Waals surface area contributed by atoms with E-state index in [0.717, 1.165) is 0 Å². The van der Waals surface area contributed by atoms with E-state index in [1.54, 1.807) is 30.3 Å². The van der Waals surface area contributed by atoms with Crippen molar-refractivity contribution in [3.63, 3.8) is 0 Å². The third-order valence-corrected chi connectivity index (χ3v) is 2.48. The van der Waals surface area contributed by atoms with Gasteiger partial charge < -0.3 is 10.6 Å². The first-order valence-corrected chi connectivity index (χ1v) is 5.09. The summed E-state index contributed by atoms with van der Waals surface area (Å²) in [7, 11) is 0. The fourth-order valence-electron chi connectivity index (χ4n) is 1.57. The van der Waals surface area contributed by atoms with E-state index in [0.29, 0.717) is 5.56 Å². The highest BCUT2D eigenvalue weighted by atomic mass is 19.1. The first-order chi connectivity index (χ1) is 7.66. The number of hydroxylamine groups is 2. The zero-order chi connectivity index (χ0) is 11.5. The molecule has 0 bridgehead atoms. The first kappa shape index (κ1) is 11.0. The van der Waals surface area contributed by atoms with E-state index >= 15 is 0 Å². The molecule has 1 saturated heterocycles. The van der Waals surface area contributed by atoms with Gasteiger partial charge in [-0.15, -0.1) is 5.06 Å². The third kappa shape index (κ3) is 2.37. The number of hydrogen-bond donors (Lipinski definition) is 1. The number of carbonyl (C=O) groups excluding carboxylic acids is 1. The minimum Gasteiger partial charge on any atom is -0.364 e. The molecule has 1 heterocycles. The number of benzene rings is 1. The Morgan fingerprint density at radius 3 is 2.62 bits per heavy atom. The van der Waals surface area contributed by atoms with Gasteiger partial charge in [-0.2, -0.15) is 0 Å². The van der Waals surface area contributed by atoms with Crippen LogP contribution in [-0.4, -0.2) is 36.3 Å². The predicted molar refractivity (Wildman–Crippen MR) is 56.3 cm³/mol. The van der Waals surface area contributed by atoms with Gasteiger partial charge >= 0.3 is 5.97 Å². The van der Waals surface area contributed by atoms with E-state index in [9.17, 15) is 9.18 Å². The lowest BCUT2D eigenvalue weighted by Gasteiger charge is -2.14. The molecule has 2 rings (SSSR count). The van der Waals surface area contributed by atoms with Crippen molar-refractivity contribution in [3.8, 4) is 0 Å². The topological polar surface area (TPSA) is 55.6 Å². The smallest absolute Gasteiger partial charge is 0.357 e. The van der Waals surface area contributed by atoms with Crippen LogP contribution >= 0.6 is 0 Å². The van der Waals surface area contributed by atoms with E-state index in [2.05, 4.69) is 0 Å². The highest BCUT2D eigenvalue weighted by molar-refractivity contribution is 5.89. The van der Waals surface area contributed by atoms with Gasteiger partial charge in [-0.25, -0.2) is 9.18 Å². The van der Waals surface area contributed by atoms with Gasteiger partial charge in [-0.05, 0) is 12.1 Å². The number of alkyl halides is 1. The Labute approximate surface area is 92.7 Å². The van der Waals surface area contributed by atoms with Crippen LogP contribution in [0.15, 0.2) is 30.3 Å². The molecule has 5 heteroatoms. The van der Waals surface area contributed by atoms with Crippen LogP contribution in [0.5, 0.6) is 0 Å². The predicted octanol–water partition coefficient (Wildman–Crippen LogP) is 0.739. The fraction of sp³-hybridized carbons (Fsp3) is 0.364. The number of nitrogens with zero attached hydrogens (tertiary/aromatic N) is 1. The number of nitrogens with two attached hydrogens (primary N) is 1. The Bertz CT molecular complexity index is 362. The zero-order valence-electron chi connectivity index (χ0n) is 8.67. The number of hydrogen-bond acceptors (Lipinski definition) is 4. The lowest BCUT2D eigenvalue weighted by Crippen LogP contribution is -2.31. The van der Waals surface area contributed by atoms with Gasteiger partial charge in [0.15, 0.2) is 0 Å². The monoisotopic (exact) mass is 224 g/mol. The van der Waals surface area contributed by atoms with Crippen LogP contribution in [0.4, 0.5) is 4.39 Å². The lowest BCUT2D eigenvalue weighted by molar-refractivity contribution is -0.0962.